The number of rotatable bonds is 1. The summed E-state index contributed by atoms with van der Waals surface area (Å²) in [6.45, 7) is 6.43. The largest absolute Gasteiger partial charge is 0.265 e. The van der Waals surface area contributed by atoms with E-state index in [1.54, 1.807) is 0 Å². The van der Waals surface area contributed by atoms with Crippen LogP contribution in [-0.2, 0) is 0 Å². The molecular formula is C23H20N3+. The predicted molar refractivity (Wildman–Crippen MR) is 109 cm³/mol. The summed E-state index contributed by atoms with van der Waals surface area (Å²) in [6.07, 6.45) is 0. The Kier molecular flexibility index (Phi) is 3.13. The van der Waals surface area contributed by atoms with Crippen molar-refractivity contribution in [3.63, 3.8) is 0 Å². The molecule has 4 aromatic rings. The fraction of sp³-hybridized carbons (Fsp3) is 0.130. The van der Waals surface area contributed by atoms with Gasteiger partial charge in [0.25, 0.3) is 5.84 Å². The molecule has 0 bridgehead atoms. The maximum absolute atomic E-state index is 4.82. The van der Waals surface area contributed by atoms with Crippen LogP contribution < -0.4 is 4.58 Å². The summed E-state index contributed by atoms with van der Waals surface area (Å²) in [6, 6.07) is 23.6. The summed E-state index contributed by atoms with van der Waals surface area (Å²) in [7, 11) is 0. The third-order valence-corrected chi connectivity index (χ3v) is 5.28. The number of hydrogen-bond donors (Lipinski definition) is 0. The van der Waals surface area contributed by atoms with Gasteiger partial charge in [0.15, 0.2) is 11.3 Å². The standard InChI is InChI=1S/C23H20N3/c1-15-9-4-6-13-21(15)26-17(3)25-16(2)24-20-12-8-11-19(23(20)25)18-10-5-7-14-22(18)26/h4-14H,1-3H3/q+1. The lowest BCUT2D eigenvalue weighted by Gasteiger charge is -2.13. The number of para-hydroxylation sites is 3. The molecule has 2 heterocycles. The Morgan fingerprint density at radius 3 is 2.23 bits per heavy atom. The lowest BCUT2D eigenvalue weighted by Crippen LogP contribution is -2.22. The van der Waals surface area contributed by atoms with Crippen LogP contribution in [0.15, 0.2) is 66.7 Å². The van der Waals surface area contributed by atoms with Crippen molar-refractivity contribution in [2.45, 2.75) is 20.8 Å². The van der Waals surface area contributed by atoms with E-state index >= 15 is 0 Å². The average Bonchev–Trinajstić information content (AvgIpc) is 2.94. The summed E-state index contributed by atoms with van der Waals surface area (Å²) < 4.78 is 4.65. The summed E-state index contributed by atoms with van der Waals surface area (Å²) in [5.41, 5.74) is 8.35. The van der Waals surface area contributed by atoms with E-state index in [-0.39, 0.29) is 0 Å². The molecule has 26 heavy (non-hydrogen) atoms. The second-order valence-electron chi connectivity index (χ2n) is 6.85. The van der Waals surface area contributed by atoms with Crippen LogP contribution in [0.3, 0.4) is 0 Å². The van der Waals surface area contributed by atoms with Gasteiger partial charge in [-0.15, -0.1) is 0 Å². The summed E-state index contributed by atoms with van der Waals surface area (Å²) in [4.78, 5) is 4.82. The molecule has 0 saturated heterocycles. The van der Waals surface area contributed by atoms with Crippen LogP contribution in [0.1, 0.15) is 18.3 Å². The number of fused-ring (bicyclic) bond motifs is 2. The molecule has 0 radical (unpaired) electrons. The van der Waals surface area contributed by atoms with Crippen molar-refractivity contribution in [2.24, 2.45) is 0 Å². The van der Waals surface area contributed by atoms with Crippen molar-refractivity contribution in [3.05, 3.63) is 78.1 Å². The van der Waals surface area contributed by atoms with Gasteiger partial charge < -0.3 is 0 Å². The van der Waals surface area contributed by atoms with E-state index in [2.05, 4.69) is 96.6 Å². The Labute approximate surface area is 152 Å². The van der Waals surface area contributed by atoms with Crippen LogP contribution in [-0.4, -0.2) is 15.4 Å². The van der Waals surface area contributed by atoms with Crippen LogP contribution >= 0.6 is 0 Å². The average molecular weight is 338 g/mol. The van der Waals surface area contributed by atoms with Crippen molar-refractivity contribution in [1.29, 1.82) is 0 Å². The van der Waals surface area contributed by atoms with Gasteiger partial charge in [-0.3, -0.25) is 0 Å². The highest BCUT2D eigenvalue weighted by Gasteiger charge is 2.30. The van der Waals surface area contributed by atoms with E-state index in [0.29, 0.717) is 0 Å². The second-order valence-corrected chi connectivity index (χ2v) is 6.85. The number of aryl methyl sites for hydroxylation is 2. The van der Waals surface area contributed by atoms with Gasteiger partial charge in [-0.1, -0.05) is 36.4 Å². The van der Waals surface area contributed by atoms with E-state index in [1.807, 2.05) is 0 Å². The van der Waals surface area contributed by atoms with Gasteiger partial charge in [0.2, 0.25) is 0 Å². The Morgan fingerprint density at radius 1 is 0.731 bits per heavy atom. The van der Waals surface area contributed by atoms with Crippen molar-refractivity contribution in [2.75, 3.05) is 0 Å². The molecule has 0 N–H and O–H groups in total. The molecule has 3 aromatic carbocycles. The second kappa shape index (κ2) is 5.40. The fourth-order valence-corrected chi connectivity index (χ4v) is 4.15. The Morgan fingerprint density at radius 2 is 1.42 bits per heavy atom. The van der Waals surface area contributed by atoms with Gasteiger partial charge in [-0.2, -0.15) is 9.14 Å². The summed E-state index contributed by atoms with van der Waals surface area (Å²) in [5, 5.41) is 0. The minimum atomic E-state index is 1.01. The predicted octanol–water partition coefficient (Wildman–Crippen LogP) is 5.43. The van der Waals surface area contributed by atoms with Crippen LogP contribution in [0.25, 0.3) is 22.2 Å². The summed E-state index contributed by atoms with van der Waals surface area (Å²) >= 11 is 0. The van der Waals surface area contributed by atoms with Crippen molar-refractivity contribution >= 4 is 28.2 Å². The van der Waals surface area contributed by atoms with Gasteiger partial charge in [-0.05, 0) is 42.8 Å². The Bertz CT molecular complexity index is 1210. The number of hydrogen-bond acceptors (Lipinski definition) is 1. The Hall–Kier alpha value is -3.20. The molecule has 0 fully saturated rings. The summed E-state index contributed by atoms with van der Waals surface area (Å²) in [5.74, 6) is 2.16. The molecule has 3 nitrogen and oxygen atoms in total. The highest BCUT2D eigenvalue weighted by Crippen LogP contribution is 2.39. The van der Waals surface area contributed by atoms with Gasteiger partial charge in [0, 0.05) is 25.0 Å². The van der Waals surface area contributed by atoms with Gasteiger partial charge in [-0.25, -0.2) is 4.98 Å². The molecule has 0 saturated carbocycles. The van der Waals surface area contributed by atoms with Crippen molar-refractivity contribution < 1.29 is 0 Å². The van der Waals surface area contributed by atoms with Crippen LogP contribution in [0.4, 0.5) is 11.4 Å². The van der Waals surface area contributed by atoms with E-state index in [1.165, 1.54) is 33.6 Å². The first-order valence-corrected chi connectivity index (χ1v) is 8.94. The monoisotopic (exact) mass is 338 g/mol. The lowest BCUT2D eigenvalue weighted by atomic mass is 10.0. The topological polar surface area (TPSA) is 20.8 Å². The zero-order valence-electron chi connectivity index (χ0n) is 15.2. The third kappa shape index (κ3) is 1.94. The highest BCUT2D eigenvalue weighted by atomic mass is 15.2. The maximum Gasteiger partial charge on any atom is 0.265 e. The fourth-order valence-electron chi connectivity index (χ4n) is 4.15. The number of benzene rings is 3. The van der Waals surface area contributed by atoms with E-state index in [4.69, 9.17) is 4.98 Å². The van der Waals surface area contributed by atoms with Crippen LogP contribution in [0, 0.1) is 13.8 Å². The molecule has 0 unspecified atom stereocenters. The molecule has 3 heteroatoms. The number of nitrogens with zero attached hydrogens (tertiary/aromatic N) is 3. The third-order valence-electron chi connectivity index (χ3n) is 5.28. The van der Waals surface area contributed by atoms with Crippen LogP contribution in [0.2, 0.25) is 0 Å². The first kappa shape index (κ1) is 15.1. The minimum Gasteiger partial charge on any atom is -0.209 e. The molecule has 5 rings (SSSR count). The SMILES string of the molecule is CC1=[N+](c2ccccc2C)c2ccccc2-c2cccc3nc(C)n1c23. The zero-order valence-corrected chi connectivity index (χ0v) is 15.2. The van der Waals surface area contributed by atoms with Gasteiger partial charge in [0.05, 0.1) is 0 Å². The van der Waals surface area contributed by atoms with Crippen molar-refractivity contribution in [3.8, 4) is 11.1 Å². The molecule has 1 aliphatic heterocycles. The highest BCUT2D eigenvalue weighted by molar-refractivity contribution is 6.07. The van der Waals surface area contributed by atoms with E-state index < -0.39 is 0 Å². The van der Waals surface area contributed by atoms with E-state index in [9.17, 15) is 0 Å². The van der Waals surface area contributed by atoms with Crippen molar-refractivity contribution in [1.82, 2.24) is 14.1 Å². The normalized spacial score (nSPS) is 13.0. The van der Waals surface area contributed by atoms with Gasteiger partial charge >= 0.3 is 0 Å². The van der Waals surface area contributed by atoms with Crippen LogP contribution in [0.5, 0.6) is 0 Å². The first-order valence-electron chi connectivity index (χ1n) is 8.94. The lowest BCUT2D eigenvalue weighted by molar-refractivity contribution is 0.970. The molecule has 0 aliphatic carbocycles. The van der Waals surface area contributed by atoms with Gasteiger partial charge in [0.1, 0.15) is 16.9 Å². The quantitative estimate of drug-likeness (QED) is 0.424. The zero-order chi connectivity index (χ0) is 17.8. The minimum absolute atomic E-state index is 1.01. The Balaban J connectivity index is 2.02. The van der Waals surface area contributed by atoms with E-state index in [0.717, 1.165) is 17.2 Å². The first-order chi connectivity index (χ1) is 12.7. The smallest absolute Gasteiger partial charge is 0.209 e. The molecule has 1 aromatic heterocycles. The molecule has 0 amide bonds. The molecule has 0 atom stereocenters. The maximum atomic E-state index is 4.82. The molecule has 0 spiro atoms. The molecular weight excluding hydrogens is 318 g/mol. The number of imidazole rings is 1. The number of aromatic nitrogens is 2. The molecule has 1 aliphatic rings. The molecule has 126 valence electrons.